The fourth-order valence-electron chi connectivity index (χ4n) is 1.20. The first-order chi connectivity index (χ1) is 6.14. The van der Waals surface area contributed by atoms with Crippen molar-refractivity contribution in [3.05, 3.63) is 12.7 Å². The van der Waals surface area contributed by atoms with Crippen molar-refractivity contribution >= 4 is 13.2 Å². The molecule has 0 bridgehead atoms. The van der Waals surface area contributed by atoms with E-state index in [1.807, 2.05) is 0 Å². The molecule has 0 aromatic heterocycles. The Morgan fingerprint density at radius 2 is 1.77 bits per heavy atom. The van der Waals surface area contributed by atoms with Gasteiger partial charge in [-0.25, -0.2) is 4.79 Å². The quantitative estimate of drug-likeness (QED) is 0.377. The van der Waals surface area contributed by atoms with Gasteiger partial charge in [0.1, 0.15) is 0 Å². The molecule has 0 amide bonds. The molecular formula is C10H20O2P+. The summed E-state index contributed by atoms with van der Waals surface area (Å²) in [6.45, 7) is 9.93. The first kappa shape index (κ1) is 12.6. The van der Waals surface area contributed by atoms with Crippen LogP contribution in [0.2, 0.25) is 0 Å². The summed E-state index contributed by atoms with van der Waals surface area (Å²) in [4.78, 5) is 10.9. The second-order valence-corrected chi connectivity index (χ2v) is 7.93. The molecule has 0 rings (SSSR count). The summed E-state index contributed by atoms with van der Waals surface area (Å²) < 4.78 is 5.12. The molecule has 2 nitrogen and oxygen atoms in total. The smallest absolute Gasteiger partial charge is 0.333 e. The molecule has 0 heterocycles. The van der Waals surface area contributed by atoms with Gasteiger partial charge in [-0.1, -0.05) is 6.58 Å². The zero-order valence-corrected chi connectivity index (χ0v) is 9.77. The molecule has 76 valence electrons. The average Bonchev–Trinajstić information content (AvgIpc) is 2.20. The number of carbonyl (C=O) groups is 1. The molecule has 0 aromatic carbocycles. The van der Waals surface area contributed by atoms with Gasteiger partial charge in [-0.3, -0.25) is 0 Å². The monoisotopic (exact) mass is 203 g/mol. The van der Waals surface area contributed by atoms with E-state index < -0.39 is 7.26 Å². The maximum Gasteiger partial charge on any atom is 0.333 e. The van der Waals surface area contributed by atoms with Crippen molar-refractivity contribution < 1.29 is 9.53 Å². The van der Waals surface area contributed by atoms with E-state index in [0.717, 1.165) is 18.5 Å². The van der Waals surface area contributed by atoms with Gasteiger partial charge in [0.05, 0.1) is 25.7 Å². The Bertz CT molecular complexity index is 165. The molecule has 0 aliphatic carbocycles. The van der Waals surface area contributed by atoms with Crippen LogP contribution in [0.4, 0.5) is 0 Å². The Morgan fingerprint density at radius 1 is 1.31 bits per heavy atom. The van der Waals surface area contributed by atoms with Crippen LogP contribution >= 0.6 is 7.26 Å². The van der Waals surface area contributed by atoms with Crippen molar-refractivity contribution in [3.8, 4) is 0 Å². The van der Waals surface area contributed by atoms with Crippen molar-refractivity contribution in [1.29, 1.82) is 0 Å². The van der Waals surface area contributed by atoms with Gasteiger partial charge in [0.2, 0.25) is 0 Å². The summed E-state index contributed by atoms with van der Waals surface area (Å²) in [5, 5.41) is 0. The van der Waals surface area contributed by atoms with E-state index >= 15 is 0 Å². The fraction of sp³-hybridized carbons (Fsp3) is 0.700. The van der Waals surface area contributed by atoms with Crippen LogP contribution in [-0.2, 0) is 9.53 Å². The Kier molecular flexibility index (Phi) is 5.98. The van der Waals surface area contributed by atoms with Gasteiger partial charge in [-0.2, -0.15) is 0 Å². The molecule has 0 unspecified atom stereocenters. The van der Waals surface area contributed by atoms with Gasteiger partial charge in [-0.05, 0) is 20.8 Å². The van der Waals surface area contributed by atoms with E-state index in [1.54, 1.807) is 0 Å². The number of esters is 1. The topological polar surface area (TPSA) is 26.3 Å². The lowest BCUT2D eigenvalue weighted by Gasteiger charge is -2.22. The minimum atomic E-state index is -0.997. The van der Waals surface area contributed by atoms with Crippen molar-refractivity contribution in [3.63, 3.8) is 0 Å². The normalized spacial score (nSPS) is 11.0. The van der Waals surface area contributed by atoms with E-state index in [9.17, 15) is 4.79 Å². The minimum Gasteiger partial charge on any atom is -0.427 e. The van der Waals surface area contributed by atoms with Gasteiger partial charge in [0.25, 0.3) is 0 Å². The van der Waals surface area contributed by atoms with Crippen LogP contribution in [0, 0.1) is 0 Å². The second-order valence-electron chi connectivity index (χ2n) is 3.09. The minimum absolute atomic E-state index is 0.292. The van der Waals surface area contributed by atoms with Crippen LogP contribution in [0.1, 0.15) is 20.8 Å². The van der Waals surface area contributed by atoms with Crippen LogP contribution in [-0.4, -0.2) is 30.8 Å². The molecule has 0 atom stereocenters. The van der Waals surface area contributed by atoms with Gasteiger partial charge in [0.15, 0.2) is 6.35 Å². The number of hydrogen-bond donors (Lipinski definition) is 0. The van der Waals surface area contributed by atoms with Gasteiger partial charge < -0.3 is 4.74 Å². The Labute approximate surface area is 81.7 Å². The Hall–Kier alpha value is -0.360. The fourth-order valence-corrected chi connectivity index (χ4v) is 3.49. The zero-order chi connectivity index (χ0) is 10.3. The van der Waals surface area contributed by atoms with Crippen molar-refractivity contribution in [2.45, 2.75) is 20.8 Å². The second kappa shape index (κ2) is 6.15. The van der Waals surface area contributed by atoms with Crippen LogP contribution in [0.3, 0.4) is 0 Å². The third-order valence-corrected chi connectivity index (χ3v) is 7.36. The zero-order valence-electron chi connectivity index (χ0n) is 8.88. The average molecular weight is 203 g/mol. The standard InChI is InChI=1S/C10H20O2P/c1-5-10(11)12-9-13(6-2,7-3)8-4/h5H,1,6-9H2,2-4H3/q+1. The highest BCUT2D eigenvalue weighted by Gasteiger charge is 2.32. The van der Waals surface area contributed by atoms with Gasteiger partial charge >= 0.3 is 5.97 Å². The third kappa shape index (κ3) is 3.91. The molecule has 0 fully saturated rings. The van der Waals surface area contributed by atoms with E-state index in [1.165, 1.54) is 6.08 Å². The lowest BCUT2D eigenvalue weighted by atomic mass is 10.7. The van der Waals surface area contributed by atoms with Gasteiger partial charge in [0, 0.05) is 6.08 Å². The Balaban J connectivity index is 4.09. The van der Waals surface area contributed by atoms with Crippen LogP contribution < -0.4 is 0 Å². The predicted octanol–water partition coefficient (Wildman–Crippen LogP) is 2.75. The number of hydrogen-bond acceptors (Lipinski definition) is 2. The highest BCUT2D eigenvalue weighted by Crippen LogP contribution is 2.57. The lowest BCUT2D eigenvalue weighted by Crippen LogP contribution is -2.12. The van der Waals surface area contributed by atoms with Crippen molar-refractivity contribution in [1.82, 2.24) is 0 Å². The molecule has 3 heteroatoms. The van der Waals surface area contributed by atoms with Crippen molar-refractivity contribution in [2.75, 3.05) is 24.8 Å². The highest BCUT2D eigenvalue weighted by molar-refractivity contribution is 7.75. The van der Waals surface area contributed by atoms with E-state index in [-0.39, 0.29) is 5.97 Å². The summed E-state index contributed by atoms with van der Waals surface area (Å²) >= 11 is 0. The molecule has 0 radical (unpaired) electrons. The van der Waals surface area contributed by atoms with Crippen molar-refractivity contribution in [2.24, 2.45) is 0 Å². The maximum absolute atomic E-state index is 10.9. The number of rotatable bonds is 6. The largest absolute Gasteiger partial charge is 0.427 e. The summed E-state index contributed by atoms with van der Waals surface area (Å²) in [6.07, 6.45) is 5.33. The molecule has 0 N–H and O–H groups in total. The van der Waals surface area contributed by atoms with Crippen LogP contribution in [0.15, 0.2) is 12.7 Å². The van der Waals surface area contributed by atoms with Crippen LogP contribution in [0.5, 0.6) is 0 Å². The number of ether oxygens (including phenoxy) is 1. The summed E-state index contributed by atoms with van der Waals surface area (Å²) in [7, 11) is -0.997. The first-order valence-electron chi connectivity index (χ1n) is 4.78. The number of carbonyl (C=O) groups excluding carboxylic acids is 1. The van der Waals surface area contributed by atoms with Gasteiger partial charge in [-0.15, -0.1) is 0 Å². The maximum atomic E-state index is 10.9. The predicted molar refractivity (Wildman–Crippen MR) is 59.7 cm³/mol. The summed E-state index contributed by atoms with van der Waals surface area (Å²) in [5.74, 6) is -0.292. The molecule has 0 saturated heterocycles. The highest BCUT2D eigenvalue weighted by atomic mass is 31.2. The molecular weight excluding hydrogens is 183 g/mol. The molecule has 0 saturated carbocycles. The van der Waals surface area contributed by atoms with Crippen LogP contribution in [0.25, 0.3) is 0 Å². The molecule has 0 spiro atoms. The van der Waals surface area contributed by atoms with E-state index in [2.05, 4.69) is 27.4 Å². The molecule has 0 aromatic rings. The van der Waals surface area contributed by atoms with E-state index in [4.69, 9.17) is 4.74 Å². The summed E-state index contributed by atoms with van der Waals surface area (Å²) in [5.41, 5.74) is 0. The molecule has 0 aliphatic heterocycles. The third-order valence-electron chi connectivity index (χ3n) is 2.66. The summed E-state index contributed by atoms with van der Waals surface area (Å²) in [6, 6.07) is 0. The van der Waals surface area contributed by atoms with E-state index in [0.29, 0.717) is 6.35 Å². The first-order valence-corrected chi connectivity index (χ1v) is 7.31. The molecule has 0 aliphatic rings. The lowest BCUT2D eigenvalue weighted by molar-refractivity contribution is -0.135. The SMILES string of the molecule is C=CC(=O)OC[P+](CC)(CC)CC. The Morgan fingerprint density at radius 3 is 2.08 bits per heavy atom. The molecule has 13 heavy (non-hydrogen) atoms.